The molecule has 1 atom stereocenters. The summed E-state index contributed by atoms with van der Waals surface area (Å²) in [6.07, 6.45) is 0.106. The molecule has 0 aliphatic rings. The van der Waals surface area contributed by atoms with Crippen LogP contribution in [0.1, 0.15) is 6.42 Å². The van der Waals surface area contributed by atoms with Gasteiger partial charge in [-0.15, -0.1) is 0 Å². The highest BCUT2D eigenvalue weighted by Gasteiger charge is 2.02. The van der Waals surface area contributed by atoms with Crippen LogP contribution in [0.3, 0.4) is 0 Å². The lowest BCUT2D eigenvalue weighted by molar-refractivity contribution is 0.0337. The Hall–Kier alpha value is -0.630. The zero-order chi connectivity index (χ0) is 9.23. The third kappa shape index (κ3) is 7.48. The van der Waals surface area contributed by atoms with Crippen LogP contribution < -0.4 is 0 Å². The molecule has 0 bridgehead atoms. The van der Waals surface area contributed by atoms with Gasteiger partial charge in [-0.05, 0) is 6.42 Å². The predicted octanol–water partition coefficient (Wildman–Crippen LogP) is 0.320. The minimum atomic E-state index is -0.456. The second-order valence-electron chi connectivity index (χ2n) is 2.39. The third-order valence-corrected chi connectivity index (χ3v) is 1.30. The van der Waals surface area contributed by atoms with Crippen molar-refractivity contribution in [2.24, 2.45) is 0 Å². The molecule has 12 heavy (non-hydrogen) atoms. The Morgan fingerprint density at radius 1 is 1.50 bits per heavy atom. The Bertz CT molecular complexity index is 133. The van der Waals surface area contributed by atoms with Crippen molar-refractivity contribution in [2.75, 3.05) is 33.5 Å². The standard InChI is InChI=1S/C8H15NO3/c1-9-4-6-12-5-3-8(10)7-11-2/h8,10H,3-7H2,2H3. The van der Waals surface area contributed by atoms with Crippen LogP contribution in [-0.4, -0.2) is 44.7 Å². The summed E-state index contributed by atoms with van der Waals surface area (Å²) >= 11 is 0. The molecule has 0 aliphatic heterocycles. The molecule has 4 nitrogen and oxygen atoms in total. The number of nitrogens with zero attached hydrogens (tertiary/aromatic N) is 1. The van der Waals surface area contributed by atoms with Gasteiger partial charge >= 0.3 is 0 Å². The zero-order valence-electron chi connectivity index (χ0n) is 7.32. The summed E-state index contributed by atoms with van der Waals surface area (Å²) in [6, 6.07) is 0. The van der Waals surface area contributed by atoms with E-state index in [2.05, 4.69) is 4.85 Å². The summed E-state index contributed by atoms with van der Waals surface area (Å²) in [5.74, 6) is 0. The molecule has 1 N–H and O–H groups in total. The second-order valence-corrected chi connectivity index (χ2v) is 2.39. The van der Waals surface area contributed by atoms with Gasteiger partial charge in [-0.1, -0.05) is 0 Å². The Morgan fingerprint density at radius 2 is 2.25 bits per heavy atom. The Labute approximate surface area is 72.9 Å². The third-order valence-electron chi connectivity index (χ3n) is 1.30. The van der Waals surface area contributed by atoms with E-state index in [9.17, 15) is 0 Å². The molecule has 0 fully saturated rings. The van der Waals surface area contributed by atoms with E-state index in [0.717, 1.165) is 0 Å². The van der Waals surface area contributed by atoms with Gasteiger partial charge in [0.2, 0.25) is 6.54 Å². The smallest absolute Gasteiger partial charge is 0.237 e. The van der Waals surface area contributed by atoms with Crippen LogP contribution in [0.25, 0.3) is 4.85 Å². The van der Waals surface area contributed by atoms with Crippen molar-refractivity contribution < 1.29 is 14.6 Å². The fourth-order valence-corrected chi connectivity index (χ4v) is 0.707. The van der Waals surface area contributed by atoms with Gasteiger partial charge in [-0.2, -0.15) is 0 Å². The largest absolute Gasteiger partial charge is 0.391 e. The summed E-state index contributed by atoms with van der Waals surface area (Å²) < 4.78 is 9.79. The van der Waals surface area contributed by atoms with Crippen LogP contribution in [0.2, 0.25) is 0 Å². The van der Waals surface area contributed by atoms with E-state index >= 15 is 0 Å². The fraction of sp³-hybridized carbons (Fsp3) is 0.875. The fourth-order valence-electron chi connectivity index (χ4n) is 0.707. The van der Waals surface area contributed by atoms with Crippen molar-refractivity contribution in [3.63, 3.8) is 0 Å². The SMILES string of the molecule is [C-]#[N+]CCOCCC(O)COC. The lowest BCUT2D eigenvalue weighted by Crippen LogP contribution is -2.16. The molecule has 0 aromatic rings. The van der Waals surface area contributed by atoms with Gasteiger partial charge in [0.15, 0.2) is 0 Å². The molecule has 0 amide bonds. The molecular weight excluding hydrogens is 158 g/mol. The van der Waals surface area contributed by atoms with Gasteiger partial charge in [0.25, 0.3) is 0 Å². The van der Waals surface area contributed by atoms with E-state index < -0.39 is 6.10 Å². The second kappa shape index (κ2) is 8.47. The number of hydrogen-bond donors (Lipinski definition) is 1. The Kier molecular flexibility index (Phi) is 8.02. The molecule has 0 saturated carbocycles. The molecule has 0 saturated heterocycles. The maximum Gasteiger partial charge on any atom is 0.237 e. The molecule has 0 aromatic carbocycles. The minimum absolute atomic E-state index is 0.339. The van der Waals surface area contributed by atoms with E-state index in [0.29, 0.717) is 32.8 Å². The van der Waals surface area contributed by atoms with Gasteiger partial charge in [0.05, 0.1) is 12.7 Å². The van der Waals surface area contributed by atoms with E-state index in [4.69, 9.17) is 21.2 Å². The maximum absolute atomic E-state index is 9.14. The van der Waals surface area contributed by atoms with Crippen LogP contribution in [0, 0.1) is 6.57 Å². The van der Waals surface area contributed by atoms with Crippen molar-refractivity contribution in [1.82, 2.24) is 0 Å². The van der Waals surface area contributed by atoms with Crippen LogP contribution in [0.4, 0.5) is 0 Å². The van der Waals surface area contributed by atoms with Crippen LogP contribution in [0.15, 0.2) is 0 Å². The molecular formula is C8H15NO3. The summed E-state index contributed by atoms with van der Waals surface area (Å²) in [7, 11) is 1.54. The molecule has 0 spiro atoms. The quantitative estimate of drug-likeness (QED) is 0.445. The highest BCUT2D eigenvalue weighted by atomic mass is 16.5. The summed E-state index contributed by atoms with van der Waals surface area (Å²) in [4.78, 5) is 3.13. The van der Waals surface area contributed by atoms with Crippen LogP contribution in [-0.2, 0) is 9.47 Å². The predicted molar refractivity (Wildman–Crippen MR) is 44.8 cm³/mol. The topological polar surface area (TPSA) is 43.0 Å². The molecule has 1 unspecified atom stereocenters. The van der Waals surface area contributed by atoms with Crippen molar-refractivity contribution in [2.45, 2.75) is 12.5 Å². The molecule has 4 heteroatoms. The summed E-state index contributed by atoms with van der Waals surface area (Å²) in [5.41, 5.74) is 0. The first-order valence-corrected chi connectivity index (χ1v) is 3.89. The Balaban J connectivity index is 3.04. The molecule has 70 valence electrons. The van der Waals surface area contributed by atoms with E-state index in [1.807, 2.05) is 0 Å². The number of aliphatic hydroxyl groups is 1. The summed E-state index contributed by atoms with van der Waals surface area (Å²) in [5, 5.41) is 9.14. The first kappa shape index (κ1) is 11.4. The van der Waals surface area contributed by atoms with E-state index in [1.54, 1.807) is 7.11 Å². The van der Waals surface area contributed by atoms with Gasteiger partial charge in [0.1, 0.15) is 6.61 Å². The number of rotatable bonds is 7. The van der Waals surface area contributed by atoms with Crippen LogP contribution >= 0.6 is 0 Å². The van der Waals surface area contributed by atoms with Crippen LogP contribution in [0.5, 0.6) is 0 Å². The van der Waals surface area contributed by atoms with Crippen molar-refractivity contribution in [3.05, 3.63) is 11.4 Å². The minimum Gasteiger partial charge on any atom is -0.391 e. The molecule has 0 aliphatic carbocycles. The molecule has 0 radical (unpaired) electrons. The number of hydrogen-bond acceptors (Lipinski definition) is 3. The van der Waals surface area contributed by atoms with Crippen molar-refractivity contribution >= 4 is 0 Å². The zero-order valence-corrected chi connectivity index (χ0v) is 7.32. The highest BCUT2D eigenvalue weighted by molar-refractivity contribution is 4.57. The maximum atomic E-state index is 9.14. The van der Waals surface area contributed by atoms with E-state index in [-0.39, 0.29) is 0 Å². The molecule has 0 heterocycles. The molecule has 0 aromatic heterocycles. The van der Waals surface area contributed by atoms with Gasteiger partial charge in [-0.3, -0.25) is 0 Å². The monoisotopic (exact) mass is 173 g/mol. The number of aliphatic hydroxyl groups excluding tert-OH is 1. The average molecular weight is 173 g/mol. The number of ether oxygens (including phenoxy) is 2. The first-order valence-electron chi connectivity index (χ1n) is 3.89. The van der Waals surface area contributed by atoms with Gasteiger partial charge in [-0.25, -0.2) is 6.57 Å². The van der Waals surface area contributed by atoms with Crippen molar-refractivity contribution in [3.8, 4) is 0 Å². The first-order chi connectivity index (χ1) is 5.81. The normalized spacial score (nSPS) is 12.4. The molecule has 0 rings (SSSR count). The van der Waals surface area contributed by atoms with Crippen molar-refractivity contribution in [1.29, 1.82) is 0 Å². The average Bonchev–Trinajstić information content (AvgIpc) is 2.05. The number of methoxy groups -OCH3 is 1. The lowest BCUT2D eigenvalue weighted by atomic mass is 10.3. The van der Waals surface area contributed by atoms with Gasteiger partial charge in [0, 0.05) is 13.7 Å². The Morgan fingerprint density at radius 3 is 2.83 bits per heavy atom. The summed E-state index contributed by atoms with van der Waals surface area (Å²) in [6.45, 7) is 8.13. The highest BCUT2D eigenvalue weighted by Crippen LogP contribution is 1.92. The lowest BCUT2D eigenvalue weighted by Gasteiger charge is -2.07. The van der Waals surface area contributed by atoms with Gasteiger partial charge < -0.3 is 19.4 Å². The van der Waals surface area contributed by atoms with E-state index in [1.165, 1.54) is 0 Å².